The first-order valence-corrected chi connectivity index (χ1v) is 11.0. The standard InChI is InChI=1S/C24H26N2O3S/c1-3-5-16-29-22-9-7-6-8-19(22)12-15-23(27)26-24-25-21(17-30-24)18-10-13-20(14-11-18)28-4-2/h6-15,17H,3-5,16H2,1-2H3,(H,25,26,27)/b15-12+. The lowest BCUT2D eigenvalue weighted by Gasteiger charge is -2.08. The number of thiazole rings is 1. The van der Waals surface area contributed by atoms with Crippen LogP contribution < -0.4 is 14.8 Å². The molecule has 3 aromatic rings. The Balaban J connectivity index is 1.61. The van der Waals surface area contributed by atoms with Crippen LogP contribution in [-0.2, 0) is 4.79 Å². The zero-order valence-electron chi connectivity index (χ0n) is 17.3. The number of rotatable bonds is 10. The van der Waals surface area contributed by atoms with Gasteiger partial charge in [0, 0.05) is 22.6 Å². The minimum absolute atomic E-state index is 0.231. The molecule has 6 heteroatoms. The zero-order chi connectivity index (χ0) is 21.2. The van der Waals surface area contributed by atoms with Crippen molar-refractivity contribution in [3.05, 3.63) is 65.6 Å². The fraction of sp³-hybridized carbons (Fsp3) is 0.250. The van der Waals surface area contributed by atoms with E-state index in [0.29, 0.717) is 18.3 Å². The van der Waals surface area contributed by atoms with E-state index in [0.717, 1.165) is 41.2 Å². The number of carbonyl (C=O) groups is 1. The molecule has 2 aromatic carbocycles. The third kappa shape index (κ3) is 6.19. The van der Waals surface area contributed by atoms with Crippen LogP contribution in [-0.4, -0.2) is 24.1 Å². The molecule has 1 amide bonds. The Bertz CT molecular complexity index is 980. The van der Waals surface area contributed by atoms with Crippen LogP contribution in [0.2, 0.25) is 0 Å². The summed E-state index contributed by atoms with van der Waals surface area (Å²) < 4.78 is 11.3. The molecule has 0 spiro atoms. The van der Waals surface area contributed by atoms with Crippen molar-refractivity contribution in [2.24, 2.45) is 0 Å². The maximum atomic E-state index is 12.3. The maximum Gasteiger partial charge on any atom is 0.250 e. The summed E-state index contributed by atoms with van der Waals surface area (Å²) in [7, 11) is 0. The number of ether oxygens (including phenoxy) is 2. The molecule has 0 radical (unpaired) electrons. The van der Waals surface area contributed by atoms with Crippen LogP contribution in [0.15, 0.2) is 60.0 Å². The third-order valence-corrected chi connectivity index (χ3v) is 5.04. The Labute approximate surface area is 181 Å². The lowest BCUT2D eigenvalue weighted by molar-refractivity contribution is -0.111. The van der Waals surface area contributed by atoms with Gasteiger partial charge in [0.05, 0.1) is 18.9 Å². The SMILES string of the molecule is CCCCOc1ccccc1/C=C/C(=O)Nc1nc(-c2ccc(OCC)cc2)cs1. The third-order valence-electron chi connectivity index (χ3n) is 4.28. The zero-order valence-corrected chi connectivity index (χ0v) is 18.1. The summed E-state index contributed by atoms with van der Waals surface area (Å²) in [6.07, 6.45) is 5.34. The Morgan fingerprint density at radius 2 is 1.90 bits per heavy atom. The van der Waals surface area contributed by atoms with Gasteiger partial charge in [-0.25, -0.2) is 4.98 Å². The summed E-state index contributed by atoms with van der Waals surface area (Å²) in [5, 5.41) is 5.30. The normalized spacial score (nSPS) is 10.9. The number of para-hydroxylation sites is 1. The van der Waals surface area contributed by atoms with Crippen molar-refractivity contribution in [1.82, 2.24) is 4.98 Å². The first-order chi connectivity index (χ1) is 14.7. The van der Waals surface area contributed by atoms with E-state index >= 15 is 0 Å². The van der Waals surface area contributed by atoms with Crippen molar-refractivity contribution >= 4 is 28.5 Å². The Morgan fingerprint density at radius 3 is 2.67 bits per heavy atom. The molecule has 0 aliphatic heterocycles. The van der Waals surface area contributed by atoms with Gasteiger partial charge in [0.15, 0.2) is 5.13 Å². The van der Waals surface area contributed by atoms with Crippen molar-refractivity contribution in [3.8, 4) is 22.8 Å². The number of carbonyl (C=O) groups excluding carboxylic acids is 1. The highest BCUT2D eigenvalue weighted by Gasteiger charge is 2.07. The molecule has 156 valence electrons. The van der Waals surface area contributed by atoms with Gasteiger partial charge in [-0.1, -0.05) is 31.5 Å². The summed E-state index contributed by atoms with van der Waals surface area (Å²) in [6.45, 7) is 5.38. The van der Waals surface area contributed by atoms with Gasteiger partial charge in [0.1, 0.15) is 11.5 Å². The highest BCUT2D eigenvalue weighted by molar-refractivity contribution is 7.14. The van der Waals surface area contributed by atoms with Gasteiger partial charge in [0.2, 0.25) is 5.91 Å². The Morgan fingerprint density at radius 1 is 1.10 bits per heavy atom. The monoisotopic (exact) mass is 422 g/mol. The molecule has 1 heterocycles. The number of nitrogens with zero attached hydrogens (tertiary/aromatic N) is 1. The van der Waals surface area contributed by atoms with Crippen molar-refractivity contribution in [1.29, 1.82) is 0 Å². The van der Waals surface area contributed by atoms with Gasteiger partial charge < -0.3 is 9.47 Å². The second kappa shape index (κ2) is 11.2. The molecule has 0 aliphatic rings. The summed E-state index contributed by atoms with van der Waals surface area (Å²) in [6, 6.07) is 15.4. The molecule has 0 fully saturated rings. The molecule has 5 nitrogen and oxygen atoms in total. The molecule has 0 aliphatic carbocycles. The molecule has 0 saturated carbocycles. The number of nitrogens with one attached hydrogen (secondary N) is 1. The van der Waals surface area contributed by atoms with Crippen LogP contribution in [0.3, 0.4) is 0 Å². The van der Waals surface area contributed by atoms with E-state index in [1.54, 1.807) is 6.08 Å². The molecule has 3 rings (SSSR count). The topological polar surface area (TPSA) is 60.5 Å². The smallest absolute Gasteiger partial charge is 0.250 e. The molecular formula is C24H26N2O3S. The van der Waals surface area contributed by atoms with E-state index in [2.05, 4.69) is 17.2 Å². The fourth-order valence-electron chi connectivity index (χ4n) is 2.74. The van der Waals surface area contributed by atoms with Crippen molar-refractivity contribution < 1.29 is 14.3 Å². The first kappa shape index (κ1) is 21.6. The van der Waals surface area contributed by atoms with Gasteiger partial charge in [-0.2, -0.15) is 0 Å². The van der Waals surface area contributed by atoms with Gasteiger partial charge in [-0.15, -0.1) is 11.3 Å². The van der Waals surface area contributed by atoms with E-state index in [1.165, 1.54) is 17.4 Å². The van der Waals surface area contributed by atoms with E-state index < -0.39 is 0 Å². The number of hydrogen-bond donors (Lipinski definition) is 1. The summed E-state index contributed by atoms with van der Waals surface area (Å²) >= 11 is 1.39. The largest absolute Gasteiger partial charge is 0.494 e. The molecule has 1 aromatic heterocycles. The minimum Gasteiger partial charge on any atom is -0.494 e. The Kier molecular flexibility index (Phi) is 8.03. The van der Waals surface area contributed by atoms with E-state index in [1.807, 2.05) is 60.8 Å². The van der Waals surface area contributed by atoms with Crippen LogP contribution in [0.4, 0.5) is 5.13 Å². The molecule has 1 N–H and O–H groups in total. The van der Waals surface area contributed by atoms with Gasteiger partial charge in [-0.05, 0) is 49.8 Å². The minimum atomic E-state index is -0.231. The predicted molar refractivity (Wildman–Crippen MR) is 123 cm³/mol. The maximum absolute atomic E-state index is 12.3. The van der Waals surface area contributed by atoms with Crippen LogP contribution in [0, 0.1) is 0 Å². The fourth-order valence-corrected chi connectivity index (χ4v) is 3.46. The van der Waals surface area contributed by atoms with Crippen LogP contribution >= 0.6 is 11.3 Å². The van der Waals surface area contributed by atoms with Crippen molar-refractivity contribution in [3.63, 3.8) is 0 Å². The number of unbranched alkanes of at least 4 members (excludes halogenated alkanes) is 1. The van der Waals surface area contributed by atoms with E-state index in [9.17, 15) is 4.79 Å². The highest BCUT2D eigenvalue weighted by Crippen LogP contribution is 2.26. The molecule has 30 heavy (non-hydrogen) atoms. The highest BCUT2D eigenvalue weighted by atomic mass is 32.1. The molecule has 0 atom stereocenters. The van der Waals surface area contributed by atoms with E-state index in [-0.39, 0.29) is 5.91 Å². The van der Waals surface area contributed by atoms with Gasteiger partial charge >= 0.3 is 0 Å². The molecule has 0 bridgehead atoms. The van der Waals surface area contributed by atoms with Crippen LogP contribution in [0.1, 0.15) is 32.3 Å². The average molecular weight is 423 g/mol. The summed E-state index contributed by atoms with van der Waals surface area (Å²) in [5.41, 5.74) is 2.67. The average Bonchev–Trinajstić information content (AvgIpc) is 3.22. The molecular weight excluding hydrogens is 396 g/mol. The number of hydrogen-bond acceptors (Lipinski definition) is 5. The second-order valence-corrected chi connectivity index (χ2v) is 7.42. The second-order valence-electron chi connectivity index (χ2n) is 6.56. The van der Waals surface area contributed by atoms with Gasteiger partial charge in [0.25, 0.3) is 0 Å². The molecule has 0 saturated heterocycles. The summed E-state index contributed by atoms with van der Waals surface area (Å²) in [4.78, 5) is 16.8. The lowest BCUT2D eigenvalue weighted by Crippen LogP contribution is -2.07. The van der Waals surface area contributed by atoms with Crippen molar-refractivity contribution in [2.45, 2.75) is 26.7 Å². The number of amides is 1. The van der Waals surface area contributed by atoms with E-state index in [4.69, 9.17) is 9.47 Å². The van der Waals surface area contributed by atoms with Gasteiger partial charge in [-0.3, -0.25) is 10.1 Å². The molecule has 0 unspecified atom stereocenters. The Hall–Kier alpha value is -3.12. The lowest BCUT2D eigenvalue weighted by atomic mass is 10.2. The predicted octanol–water partition coefficient (Wildman–Crippen LogP) is 6.04. The number of aromatic nitrogens is 1. The van der Waals surface area contributed by atoms with Crippen molar-refractivity contribution in [2.75, 3.05) is 18.5 Å². The van der Waals surface area contributed by atoms with Crippen LogP contribution in [0.25, 0.3) is 17.3 Å². The number of anilines is 1. The first-order valence-electron chi connectivity index (χ1n) is 10.1. The number of benzene rings is 2. The quantitative estimate of drug-likeness (QED) is 0.320. The summed E-state index contributed by atoms with van der Waals surface area (Å²) in [5.74, 6) is 1.38. The van der Waals surface area contributed by atoms with Crippen LogP contribution in [0.5, 0.6) is 11.5 Å².